The summed E-state index contributed by atoms with van der Waals surface area (Å²) in [5.74, 6) is 0.482. The van der Waals surface area contributed by atoms with Crippen molar-refractivity contribution in [3.8, 4) is 11.5 Å². The number of nitrogens with one attached hydrogen (secondary N) is 1. The number of hydrogen-bond donors (Lipinski definition) is 2. The zero-order chi connectivity index (χ0) is 14.8. The zero-order valence-corrected chi connectivity index (χ0v) is 11.6. The topological polar surface area (TPSA) is 117 Å². The number of nitrogens with zero attached hydrogens (tertiary/aromatic N) is 1. The second kappa shape index (κ2) is 5.29. The van der Waals surface area contributed by atoms with E-state index in [2.05, 4.69) is 14.4 Å². The Morgan fingerprint density at radius 3 is 2.50 bits per heavy atom. The molecule has 0 saturated carbocycles. The fraction of sp³-hybridized carbons (Fsp3) is 0.182. The Hall–Kier alpha value is -2.42. The third-order valence-electron chi connectivity index (χ3n) is 2.48. The van der Waals surface area contributed by atoms with Gasteiger partial charge >= 0.3 is 0 Å². The van der Waals surface area contributed by atoms with E-state index in [0.717, 1.165) is 0 Å². The van der Waals surface area contributed by atoms with E-state index in [1.807, 2.05) is 0 Å². The van der Waals surface area contributed by atoms with E-state index in [1.54, 1.807) is 0 Å². The number of nitrogen functional groups attached to an aromatic ring is 1. The molecule has 0 fully saturated rings. The third kappa shape index (κ3) is 2.62. The van der Waals surface area contributed by atoms with Gasteiger partial charge in [0.15, 0.2) is 5.82 Å². The van der Waals surface area contributed by atoms with E-state index in [9.17, 15) is 8.42 Å². The first kappa shape index (κ1) is 14.0. The average Bonchev–Trinajstić information content (AvgIpc) is 2.90. The Bertz CT molecular complexity index is 697. The molecule has 1 aromatic carbocycles. The van der Waals surface area contributed by atoms with E-state index in [-0.39, 0.29) is 22.2 Å². The Balaban J connectivity index is 2.48. The minimum Gasteiger partial charge on any atom is -0.495 e. The molecule has 0 bridgehead atoms. The van der Waals surface area contributed by atoms with Crippen LogP contribution in [0.5, 0.6) is 11.5 Å². The van der Waals surface area contributed by atoms with Gasteiger partial charge in [-0.05, 0) is 6.07 Å². The van der Waals surface area contributed by atoms with Crippen LogP contribution in [0.25, 0.3) is 0 Å². The van der Waals surface area contributed by atoms with E-state index in [0.29, 0.717) is 5.75 Å². The fourth-order valence-corrected chi connectivity index (χ4v) is 2.74. The number of nitrogens with two attached hydrogens (primary N) is 1. The minimum absolute atomic E-state index is 0.0569. The van der Waals surface area contributed by atoms with Crippen LogP contribution in [0.15, 0.2) is 33.9 Å². The van der Waals surface area contributed by atoms with Crippen LogP contribution in [-0.4, -0.2) is 27.8 Å². The fourth-order valence-electron chi connectivity index (χ4n) is 1.56. The normalized spacial score (nSPS) is 11.1. The van der Waals surface area contributed by atoms with Gasteiger partial charge in [-0.25, -0.2) is 8.42 Å². The molecule has 0 amide bonds. The van der Waals surface area contributed by atoms with Crippen LogP contribution in [0, 0.1) is 0 Å². The maximum absolute atomic E-state index is 12.3. The highest BCUT2D eigenvalue weighted by Gasteiger charge is 2.23. The lowest BCUT2D eigenvalue weighted by Gasteiger charge is -2.13. The molecule has 1 heterocycles. The summed E-state index contributed by atoms with van der Waals surface area (Å²) < 4.78 is 41.4. The molecule has 108 valence electrons. The molecular weight excluding hydrogens is 286 g/mol. The lowest BCUT2D eigenvalue weighted by atomic mass is 10.3. The first-order valence-electron chi connectivity index (χ1n) is 5.42. The van der Waals surface area contributed by atoms with Crippen LogP contribution in [0.1, 0.15) is 0 Å². The standard InChI is InChI=1S/C11H13N3O5S/c1-17-8-6-9(18-2)10(5-7(8)12)20(15,16)14-11-3-4-19-13-11/h3-6H,12H2,1-2H3,(H,13,14). The van der Waals surface area contributed by atoms with Crippen LogP contribution in [0.2, 0.25) is 0 Å². The quantitative estimate of drug-likeness (QED) is 0.793. The van der Waals surface area contributed by atoms with Crippen molar-refractivity contribution in [1.82, 2.24) is 5.16 Å². The van der Waals surface area contributed by atoms with Crippen molar-refractivity contribution in [2.24, 2.45) is 0 Å². The molecule has 0 spiro atoms. The van der Waals surface area contributed by atoms with Gasteiger partial charge in [-0.3, -0.25) is 4.72 Å². The smallest absolute Gasteiger partial charge is 0.266 e. The van der Waals surface area contributed by atoms with Gasteiger partial charge in [-0.1, -0.05) is 5.16 Å². The average molecular weight is 299 g/mol. The highest BCUT2D eigenvalue weighted by molar-refractivity contribution is 7.92. The van der Waals surface area contributed by atoms with Gasteiger partial charge in [0.1, 0.15) is 22.7 Å². The van der Waals surface area contributed by atoms with Crippen LogP contribution in [-0.2, 0) is 10.0 Å². The zero-order valence-electron chi connectivity index (χ0n) is 10.8. The van der Waals surface area contributed by atoms with Crippen molar-refractivity contribution in [3.05, 3.63) is 24.5 Å². The number of rotatable bonds is 5. The highest BCUT2D eigenvalue weighted by atomic mass is 32.2. The number of ether oxygens (including phenoxy) is 2. The number of anilines is 2. The van der Waals surface area contributed by atoms with E-state index >= 15 is 0 Å². The summed E-state index contributed by atoms with van der Waals surface area (Å²) in [6, 6.07) is 4.02. The number of hydrogen-bond acceptors (Lipinski definition) is 7. The van der Waals surface area contributed by atoms with Crippen molar-refractivity contribution < 1.29 is 22.4 Å². The summed E-state index contributed by atoms with van der Waals surface area (Å²) in [6.07, 6.45) is 1.25. The van der Waals surface area contributed by atoms with Gasteiger partial charge in [0.25, 0.3) is 10.0 Å². The predicted octanol–water partition coefficient (Wildman–Crippen LogP) is 1.07. The number of aromatic nitrogens is 1. The molecule has 8 nitrogen and oxygen atoms in total. The predicted molar refractivity (Wildman–Crippen MR) is 71.3 cm³/mol. The maximum Gasteiger partial charge on any atom is 0.266 e. The van der Waals surface area contributed by atoms with Crippen LogP contribution in [0.3, 0.4) is 0 Å². The first-order chi connectivity index (χ1) is 9.47. The molecule has 0 aliphatic carbocycles. The maximum atomic E-state index is 12.3. The summed E-state index contributed by atoms with van der Waals surface area (Å²) in [4.78, 5) is -0.124. The van der Waals surface area contributed by atoms with Crippen molar-refractivity contribution in [1.29, 1.82) is 0 Å². The summed E-state index contributed by atoms with van der Waals surface area (Å²) in [5.41, 5.74) is 5.89. The van der Waals surface area contributed by atoms with Gasteiger partial charge in [-0.2, -0.15) is 0 Å². The molecule has 0 atom stereocenters. The summed E-state index contributed by atoms with van der Waals surface area (Å²) in [7, 11) is -1.14. The van der Waals surface area contributed by atoms with Gasteiger partial charge in [0, 0.05) is 12.1 Å². The Morgan fingerprint density at radius 2 is 1.95 bits per heavy atom. The van der Waals surface area contributed by atoms with Crippen LogP contribution >= 0.6 is 0 Å². The summed E-state index contributed by atoms with van der Waals surface area (Å²) in [5, 5.41) is 3.48. The molecule has 2 rings (SSSR count). The van der Waals surface area contributed by atoms with Crippen molar-refractivity contribution in [2.45, 2.75) is 4.90 Å². The largest absolute Gasteiger partial charge is 0.495 e. The molecule has 9 heteroatoms. The van der Waals surface area contributed by atoms with Crippen LogP contribution in [0.4, 0.5) is 11.5 Å². The van der Waals surface area contributed by atoms with E-state index in [1.165, 1.54) is 38.7 Å². The van der Waals surface area contributed by atoms with Crippen molar-refractivity contribution in [2.75, 3.05) is 24.7 Å². The molecule has 0 unspecified atom stereocenters. The van der Waals surface area contributed by atoms with Gasteiger partial charge in [0.2, 0.25) is 0 Å². The molecule has 0 aliphatic heterocycles. The van der Waals surface area contributed by atoms with Gasteiger partial charge in [0.05, 0.1) is 19.9 Å². The molecular formula is C11H13N3O5S. The third-order valence-corrected chi connectivity index (χ3v) is 3.86. The molecule has 2 aromatic rings. The minimum atomic E-state index is -3.91. The molecule has 0 radical (unpaired) electrons. The molecule has 3 N–H and O–H groups in total. The summed E-state index contributed by atoms with van der Waals surface area (Å²) in [6.45, 7) is 0. The molecule has 0 aliphatic rings. The Labute approximate surface area is 115 Å². The summed E-state index contributed by atoms with van der Waals surface area (Å²) >= 11 is 0. The Kier molecular flexibility index (Phi) is 3.70. The number of benzene rings is 1. The van der Waals surface area contributed by atoms with Crippen LogP contribution < -0.4 is 19.9 Å². The number of methoxy groups -OCH3 is 2. The molecule has 1 aromatic heterocycles. The second-order valence-electron chi connectivity index (χ2n) is 3.74. The molecule has 20 heavy (non-hydrogen) atoms. The monoisotopic (exact) mass is 299 g/mol. The second-order valence-corrected chi connectivity index (χ2v) is 5.39. The van der Waals surface area contributed by atoms with E-state index < -0.39 is 10.0 Å². The number of sulfonamides is 1. The SMILES string of the molecule is COc1cc(OC)c(S(=O)(=O)Nc2ccon2)cc1N. The molecule has 0 saturated heterocycles. The van der Waals surface area contributed by atoms with Gasteiger partial charge in [-0.15, -0.1) is 0 Å². The highest BCUT2D eigenvalue weighted by Crippen LogP contribution is 2.34. The van der Waals surface area contributed by atoms with Crippen molar-refractivity contribution in [3.63, 3.8) is 0 Å². The Morgan fingerprint density at radius 1 is 1.25 bits per heavy atom. The van der Waals surface area contributed by atoms with E-state index in [4.69, 9.17) is 15.2 Å². The lowest BCUT2D eigenvalue weighted by molar-refractivity contribution is 0.387. The van der Waals surface area contributed by atoms with Gasteiger partial charge < -0.3 is 19.7 Å². The first-order valence-corrected chi connectivity index (χ1v) is 6.91. The van der Waals surface area contributed by atoms with Crippen molar-refractivity contribution >= 4 is 21.5 Å². The lowest BCUT2D eigenvalue weighted by Crippen LogP contribution is -2.15.